The maximum Gasteiger partial charge on any atom is 0.411 e. The van der Waals surface area contributed by atoms with Crippen LogP contribution in [0, 0.1) is 0 Å². The number of carbonyl (C=O) groups excluding carboxylic acids is 5. The Morgan fingerprint density at radius 1 is 0.721 bits per heavy atom. The van der Waals surface area contributed by atoms with Gasteiger partial charge in [0.2, 0.25) is 11.8 Å². The highest BCUT2D eigenvalue weighted by molar-refractivity contribution is 5.88. The fourth-order valence-electron chi connectivity index (χ4n) is 8.22. The molecule has 18 nitrogen and oxygen atoms in total. The summed E-state index contributed by atoms with van der Waals surface area (Å²) in [5.41, 5.74) is 11.8. The van der Waals surface area contributed by atoms with Gasteiger partial charge in [-0.15, -0.1) is 0 Å². The standard InChI is InChI=1S/C29H35N3O6.C14H23N5O4/c1-29(2,3)38-28(35)32-17-19(16-25(32)26(33)31-12-14-36-15-13-31)30-27(34)37-18-24-22-10-6-4-8-20(22)21-9-5-7-11-23(21)24;1-14(2,3)23-13(21)19-9-10(16-17-15)8-11(19)12(20)18-4-6-22-7-5-18/h4-11,19,24-25H,12-18H2,1-3H3,(H,30,34);10-11H,4-9H2,1-3H3/t19-,25-;10-,11-/m00/s1. The van der Waals surface area contributed by atoms with E-state index in [-0.39, 0.29) is 37.4 Å². The van der Waals surface area contributed by atoms with E-state index in [0.717, 1.165) is 22.3 Å². The number of alkyl carbamates (subject to hydrolysis) is 1. The highest BCUT2D eigenvalue weighted by atomic mass is 16.6. The molecule has 0 radical (unpaired) electrons. The van der Waals surface area contributed by atoms with Gasteiger partial charge in [-0.2, -0.15) is 0 Å². The van der Waals surface area contributed by atoms with Gasteiger partial charge >= 0.3 is 18.3 Å². The molecule has 0 aromatic heterocycles. The van der Waals surface area contributed by atoms with Crippen LogP contribution in [-0.4, -0.2) is 157 Å². The fourth-order valence-corrected chi connectivity index (χ4v) is 8.22. The van der Waals surface area contributed by atoms with Crippen molar-refractivity contribution in [3.63, 3.8) is 0 Å². The van der Waals surface area contributed by atoms with Crippen LogP contribution in [0.4, 0.5) is 14.4 Å². The molecule has 0 saturated carbocycles. The van der Waals surface area contributed by atoms with Gasteiger partial charge in [-0.25, -0.2) is 14.4 Å². The van der Waals surface area contributed by atoms with Crippen molar-refractivity contribution >= 4 is 30.1 Å². The molecule has 4 atom stereocenters. The first-order valence-electron chi connectivity index (χ1n) is 20.9. The summed E-state index contributed by atoms with van der Waals surface area (Å²) < 4.78 is 27.3. The number of amides is 5. The molecule has 330 valence electrons. The van der Waals surface area contributed by atoms with Crippen molar-refractivity contribution in [2.75, 3.05) is 72.3 Å². The van der Waals surface area contributed by atoms with Crippen LogP contribution >= 0.6 is 0 Å². The first-order chi connectivity index (χ1) is 29.0. The van der Waals surface area contributed by atoms with Crippen molar-refractivity contribution < 1.29 is 47.7 Å². The van der Waals surface area contributed by atoms with E-state index in [1.807, 2.05) is 24.3 Å². The lowest BCUT2D eigenvalue weighted by molar-refractivity contribution is -0.140. The molecule has 1 N–H and O–H groups in total. The summed E-state index contributed by atoms with van der Waals surface area (Å²) in [6, 6.07) is 14.1. The van der Waals surface area contributed by atoms with Crippen molar-refractivity contribution in [2.24, 2.45) is 5.11 Å². The topological polar surface area (TPSA) is 205 Å². The molecule has 0 spiro atoms. The van der Waals surface area contributed by atoms with E-state index in [9.17, 15) is 24.0 Å². The summed E-state index contributed by atoms with van der Waals surface area (Å²) in [4.78, 5) is 73.3. The zero-order valence-corrected chi connectivity index (χ0v) is 35.9. The average molecular weight is 847 g/mol. The number of ether oxygens (including phenoxy) is 5. The highest BCUT2D eigenvalue weighted by Crippen LogP contribution is 2.44. The monoisotopic (exact) mass is 846 g/mol. The van der Waals surface area contributed by atoms with Gasteiger partial charge < -0.3 is 38.8 Å². The molecule has 4 fully saturated rings. The molecule has 7 rings (SSSR count). The maximum absolute atomic E-state index is 13.3. The van der Waals surface area contributed by atoms with Crippen molar-refractivity contribution in [1.29, 1.82) is 0 Å². The molecule has 4 saturated heterocycles. The molecule has 1 aliphatic carbocycles. The Balaban J connectivity index is 0.000000232. The van der Waals surface area contributed by atoms with Crippen LogP contribution in [0.2, 0.25) is 0 Å². The normalized spacial score (nSPS) is 22.5. The average Bonchev–Trinajstić information content (AvgIpc) is 3.94. The van der Waals surface area contributed by atoms with Crippen LogP contribution in [0.15, 0.2) is 53.6 Å². The number of likely N-dealkylation sites (tertiary alicyclic amines) is 2. The van der Waals surface area contributed by atoms with Gasteiger partial charge in [-0.1, -0.05) is 53.6 Å². The van der Waals surface area contributed by atoms with Crippen molar-refractivity contribution in [1.82, 2.24) is 24.9 Å². The number of hydrogen-bond acceptors (Lipinski definition) is 11. The van der Waals surface area contributed by atoms with Crippen LogP contribution in [-0.2, 0) is 33.3 Å². The number of hydrogen-bond donors (Lipinski definition) is 1. The first kappa shape index (κ1) is 45.0. The van der Waals surface area contributed by atoms with Crippen LogP contribution < -0.4 is 5.32 Å². The summed E-state index contributed by atoms with van der Waals surface area (Å²) in [5, 5.41) is 6.55. The molecule has 2 aromatic carbocycles. The van der Waals surface area contributed by atoms with E-state index in [4.69, 9.17) is 29.2 Å². The maximum atomic E-state index is 13.3. The number of nitrogens with one attached hydrogen (secondary N) is 1. The van der Waals surface area contributed by atoms with E-state index < -0.39 is 53.6 Å². The van der Waals surface area contributed by atoms with Gasteiger partial charge in [0.1, 0.15) is 29.9 Å². The van der Waals surface area contributed by atoms with Crippen molar-refractivity contribution in [2.45, 2.75) is 95.7 Å². The Hall–Kier alpha value is -5.58. The Labute approximate surface area is 356 Å². The van der Waals surface area contributed by atoms with Crippen LogP contribution in [0.1, 0.15) is 71.4 Å². The van der Waals surface area contributed by atoms with E-state index in [1.165, 1.54) is 9.80 Å². The summed E-state index contributed by atoms with van der Waals surface area (Å²) in [5.74, 6) is -0.351. The lowest BCUT2D eigenvalue weighted by Gasteiger charge is -2.33. The zero-order chi connectivity index (χ0) is 43.9. The first-order valence-corrected chi connectivity index (χ1v) is 20.9. The molecule has 0 unspecified atom stereocenters. The molecule has 2 aromatic rings. The number of rotatable bonds is 6. The second kappa shape index (κ2) is 19.4. The molecule has 18 heteroatoms. The molecule has 5 amide bonds. The lowest BCUT2D eigenvalue weighted by Crippen LogP contribution is -2.51. The second-order valence-corrected chi connectivity index (χ2v) is 17.7. The minimum atomic E-state index is -0.721. The number of nitrogens with zero attached hydrogens (tertiary/aromatic N) is 7. The predicted octanol–water partition coefficient (Wildman–Crippen LogP) is 5.30. The third kappa shape index (κ3) is 11.4. The zero-order valence-electron chi connectivity index (χ0n) is 35.9. The molecule has 5 aliphatic rings. The number of benzene rings is 2. The van der Waals surface area contributed by atoms with Gasteiger partial charge in [0, 0.05) is 50.1 Å². The van der Waals surface area contributed by atoms with Crippen LogP contribution in [0.25, 0.3) is 21.6 Å². The van der Waals surface area contributed by atoms with Gasteiger partial charge in [-0.3, -0.25) is 19.4 Å². The fraction of sp³-hybridized carbons (Fsp3) is 0.605. The third-order valence-corrected chi connectivity index (χ3v) is 10.9. The summed E-state index contributed by atoms with van der Waals surface area (Å²) in [6.45, 7) is 15.1. The number of fused-ring (bicyclic) bond motifs is 3. The lowest BCUT2D eigenvalue weighted by atomic mass is 9.98. The van der Waals surface area contributed by atoms with Crippen LogP contribution in [0.3, 0.4) is 0 Å². The number of azide groups is 1. The quantitative estimate of drug-likeness (QED) is 0.172. The molecule has 0 bridgehead atoms. The van der Waals surface area contributed by atoms with Crippen molar-refractivity contribution in [3.05, 3.63) is 70.1 Å². The summed E-state index contributed by atoms with van der Waals surface area (Å²) in [6.07, 6.45) is -1.08. The Morgan fingerprint density at radius 2 is 1.18 bits per heavy atom. The van der Waals surface area contributed by atoms with E-state index in [2.05, 4.69) is 39.6 Å². The van der Waals surface area contributed by atoms with E-state index >= 15 is 0 Å². The number of morpholine rings is 2. The van der Waals surface area contributed by atoms with Gasteiger partial charge in [0.05, 0.1) is 38.5 Å². The smallest absolute Gasteiger partial charge is 0.411 e. The van der Waals surface area contributed by atoms with Gasteiger partial charge in [0.25, 0.3) is 0 Å². The Kier molecular flexibility index (Phi) is 14.3. The Bertz CT molecular complexity index is 1920. The largest absolute Gasteiger partial charge is 0.449 e. The van der Waals surface area contributed by atoms with Crippen molar-refractivity contribution in [3.8, 4) is 11.1 Å². The van der Waals surface area contributed by atoms with Gasteiger partial charge in [-0.05, 0) is 82.2 Å². The molecule has 61 heavy (non-hydrogen) atoms. The SMILES string of the molecule is CC(C)(C)OC(=O)N1C[C@@H](N=[N+]=[N-])C[C@H]1C(=O)N1CCOCC1.CC(C)(C)OC(=O)N1C[C@@H](NC(=O)OCC2c3ccccc3-c3ccccc32)C[C@H]1C(=O)N1CCOCC1. The van der Waals surface area contributed by atoms with Gasteiger partial charge in [0.15, 0.2) is 0 Å². The van der Waals surface area contributed by atoms with E-state index in [0.29, 0.717) is 65.4 Å². The molecular weight excluding hydrogens is 789 g/mol. The third-order valence-electron chi connectivity index (χ3n) is 10.9. The predicted molar refractivity (Wildman–Crippen MR) is 222 cm³/mol. The molecule has 4 aliphatic heterocycles. The highest BCUT2D eigenvalue weighted by Gasteiger charge is 2.45. The Morgan fingerprint density at radius 3 is 1.66 bits per heavy atom. The summed E-state index contributed by atoms with van der Waals surface area (Å²) >= 11 is 0. The minimum Gasteiger partial charge on any atom is -0.449 e. The summed E-state index contributed by atoms with van der Waals surface area (Å²) in [7, 11) is 0. The second-order valence-electron chi connectivity index (χ2n) is 17.7. The van der Waals surface area contributed by atoms with Crippen LogP contribution in [0.5, 0.6) is 0 Å². The molecule has 4 heterocycles. The number of carbonyl (C=O) groups is 5. The van der Waals surface area contributed by atoms with E-state index in [1.54, 1.807) is 51.3 Å². The minimum absolute atomic E-state index is 0.0503. The molecular formula is C43H58N8O10.